The number of carbonyl (C=O) groups excluding carboxylic acids is 1. The fourth-order valence-corrected chi connectivity index (χ4v) is 3.60. The zero-order chi connectivity index (χ0) is 13.9. The van der Waals surface area contributed by atoms with Crippen LogP contribution in [0.15, 0.2) is 46.8 Å². The normalized spacial score (nSPS) is 17.1. The average molecular weight is 302 g/mol. The van der Waals surface area contributed by atoms with Gasteiger partial charge in [0, 0.05) is 4.88 Å². The Hall–Kier alpha value is -1.59. The Morgan fingerprint density at radius 2 is 2.20 bits per heavy atom. The van der Waals surface area contributed by atoms with Gasteiger partial charge in [0.25, 0.3) is 0 Å². The van der Waals surface area contributed by atoms with Crippen LogP contribution >= 0.6 is 23.1 Å². The van der Waals surface area contributed by atoms with Crippen LogP contribution in [0.5, 0.6) is 0 Å². The molecule has 0 N–H and O–H groups in total. The molecule has 0 saturated carbocycles. The van der Waals surface area contributed by atoms with Gasteiger partial charge in [0.2, 0.25) is 5.91 Å². The maximum absolute atomic E-state index is 12.0. The molecule has 0 aliphatic carbocycles. The van der Waals surface area contributed by atoms with Crippen LogP contribution in [0.3, 0.4) is 0 Å². The predicted molar refractivity (Wildman–Crippen MR) is 85.6 cm³/mol. The number of aliphatic imine (C=N–C) groups is 1. The van der Waals surface area contributed by atoms with Crippen LogP contribution < -0.4 is 0 Å². The molecule has 1 aromatic carbocycles. The first kappa shape index (κ1) is 13.4. The highest BCUT2D eigenvalue weighted by Gasteiger charge is 2.28. The summed E-state index contributed by atoms with van der Waals surface area (Å²) in [7, 11) is 0. The lowest BCUT2D eigenvalue weighted by molar-refractivity contribution is -0.124. The van der Waals surface area contributed by atoms with Crippen LogP contribution in [0.25, 0.3) is 0 Å². The van der Waals surface area contributed by atoms with Crippen molar-refractivity contribution in [1.82, 2.24) is 4.90 Å². The van der Waals surface area contributed by atoms with Crippen LogP contribution in [0.4, 0.5) is 5.69 Å². The van der Waals surface area contributed by atoms with E-state index in [1.807, 2.05) is 48.7 Å². The molecule has 1 saturated heterocycles. The zero-order valence-corrected chi connectivity index (χ0v) is 12.7. The molecule has 3 nitrogen and oxygen atoms in total. The van der Waals surface area contributed by atoms with E-state index in [0.717, 1.165) is 10.9 Å². The number of aryl methyl sites for hydroxylation is 1. The van der Waals surface area contributed by atoms with Gasteiger partial charge in [-0.05, 0) is 36.1 Å². The summed E-state index contributed by atoms with van der Waals surface area (Å²) in [6, 6.07) is 12.1. The molecule has 1 amide bonds. The molecule has 2 aromatic rings. The quantitative estimate of drug-likeness (QED) is 0.863. The fourth-order valence-electron chi connectivity index (χ4n) is 2.00. The SMILES string of the molecule is Cc1cccc(/N=C2\SCC(=O)N2Cc2cccs2)c1. The number of amides is 1. The Morgan fingerprint density at radius 3 is 2.95 bits per heavy atom. The molecule has 2 heterocycles. The standard InChI is InChI=1S/C15H14N2OS2/c1-11-4-2-5-12(8-11)16-15-17(14(18)10-20-15)9-13-6-3-7-19-13/h2-8H,9-10H2,1H3/b16-15-. The number of benzene rings is 1. The fraction of sp³-hybridized carbons (Fsp3) is 0.200. The van der Waals surface area contributed by atoms with E-state index in [4.69, 9.17) is 0 Å². The second-order valence-corrected chi connectivity index (χ2v) is 6.56. The summed E-state index contributed by atoms with van der Waals surface area (Å²) in [5.41, 5.74) is 2.07. The topological polar surface area (TPSA) is 32.7 Å². The van der Waals surface area contributed by atoms with Gasteiger partial charge in [-0.25, -0.2) is 4.99 Å². The van der Waals surface area contributed by atoms with Crippen molar-refractivity contribution in [2.75, 3.05) is 5.75 Å². The molecule has 0 spiro atoms. The van der Waals surface area contributed by atoms with Crippen LogP contribution in [-0.4, -0.2) is 21.7 Å². The van der Waals surface area contributed by atoms with Crippen molar-refractivity contribution in [2.24, 2.45) is 4.99 Å². The summed E-state index contributed by atoms with van der Waals surface area (Å²) in [6.45, 7) is 2.66. The van der Waals surface area contributed by atoms with Crippen molar-refractivity contribution in [1.29, 1.82) is 0 Å². The molecular formula is C15H14N2OS2. The minimum Gasteiger partial charge on any atom is -0.285 e. The summed E-state index contributed by atoms with van der Waals surface area (Å²) < 4.78 is 0. The number of carbonyl (C=O) groups is 1. The van der Waals surface area contributed by atoms with Gasteiger partial charge >= 0.3 is 0 Å². The predicted octanol–water partition coefficient (Wildman–Crippen LogP) is 3.82. The lowest BCUT2D eigenvalue weighted by Gasteiger charge is -2.14. The molecule has 0 unspecified atom stereocenters. The van der Waals surface area contributed by atoms with E-state index in [9.17, 15) is 4.79 Å². The highest BCUT2D eigenvalue weighted by atomic mass is 32.2. The maximum Gasteiger partial charge on any atom is 0.239 e. The van der Waals surface area contributed by atoms with Crippen molar-refractivity contribution < 1.29 is 4.79 Å². The van der Waals surface area contributed by atoms with Crippen molar-refractivity contribution in [3.63, 3.8) is 0 Å². The molecule has 0 bridgehead atoms. The van der Waals surface area contributed by atoms with E-state index in [1.165, 1.54) is 22.2 Å². The number of amidine groups is 1. The van der Waals surface area contributed by atoms with Crippen molar-refractivity contribution in [2.45, 2.75) is 13.5 Å². The summed E-state index contributed by atoms with van der Waals surface area (Å²) in [5, 5.41) is 2.83. The molecule has 1 aliphatic heterocycles. The lowest BCUT2D eigenvalue weighted by atomic mass is 10.2. The number of hydrogen-bond acceptors (Lipinski definition) is 4. The second kappa shape index (κ2) is 5.81. The van der Waals surface area contributed by atoms with E-state index in [-0.39, 0.29) is 5.91 Å². The molecular weight excluding hydrogens is 288 g/mol. The van der Waals surface area contributed by atoms with Crippen molar-refractivity contribution in [3.8, 4) is 0 Å². The maximum atomic E-state index is 12.0. The third-order valence-electron chi connectivity index (χ3n) is 2.98. The van der Waals surface area contributed by atoms with Gasteiger partial charge in [-0.1, -0.05) is 30.0 Å². The van der Waals surface area contributed by atoms with Gasteiger partial charge in [-0.3, -0.25) is 9.69 Å². The molecule has 1 aromatic heterocycles. The van der Waals surface area contributed by atoms with Crippen LogP contribution in [0, 0.1) is 6.92 Å². The molecule has 1 aliphatic rings. The van der Waals surface area contributed by atoms with Gasteiger partial charge < -0.3 is 0 Å². The summed E-state index contributed by atoms with van der Waals surface area (Å²) in [4.78, 5) is 19.6. The largest absolute Gasteiger partial charge is 0.285 e. The molecule has 0 atom stereocenters. The molecule has 20 heavy (non-hydrogen) atoms. The summed E-state index contributed by atoms with van der Waals surface area (Å²) in [5.74, 6) is 0.616. The number of rotatable bonds is 3. The Bertz CT molecular complexity index is 650. The van der Waals surface area contributed by atoms with E-state index < -0.39 is 0 Å². The van der Waals surface area contributed by atoms with Crippen molar-refractivity contribution >= 4 is 39.9 Å². The zero-order valence-electron chi connectivity index (χ0n) is 11.1. The number of thiophene rings is 1. The highest BCUT2D eigenvalue weighted by Crippen LogP contribution is 2.26. The van der Waals surface area contributed by atoms with Crippen LogP contribution in [0.1, 0.15) is 10.4 Å². The highest BCUT2D eigenvalue weighted by molar-refractivity contribution is 8.15. The third-order valence-corrected chi connectivity index (χ3v) is 4.80. The Morgan fingerprint density at radius 1 is 1.30 bits per heavy atom. The Kier molecular flexibility index (Phi) is 3.89. The van der Waals surface area contributed by atoms with Crippen LogP contribution in [0.2, 0.25) is 0 Å². The molecule has 1 fully saturated rings. The average Bonchev–Trinajstić information content (AvgIpc) is 3.04. The first-order valence-corrected chi connectivity index (χ1v) is 8.20. The minimum atomic E-state index is 0.134. The third kappa shape index (κ3) is 2.94. The number of hydrogen-bond donors (Lipinski definition) is 0. The molecule has 3 rings (SSSR count). The van der Waals surface area contributed by atoms with E-state index >= 15 is 0 Å². The van der Waals surface area contributed by atoms with Gasteiger partial charge in [0.1, 0.15) is 0 Å². The lowest BCUT2D eigenvalue weighted by Crippen LogP contribution is -2.28. The number of thioether (sulfide) groups is 1. The molecule has 102 valence electrons. The Labute approximate surface area is 126 Å². The summed E-state index contributed by atoms with van der Waals surface area (Å²) >= 11 is 3.18. The van der Waals surface area contributed by atoms with Crippen LogP contribution in [-0.2, 0) is 11.3 Å². The van der Waals surface area contributed by atoms with Crippen molar-refractivity contribution in [3.05, 3.63) is 52.2 Å². The monoisotopic (exact) mass is 302 g/mol. The summed E-state index contributed by atoms with van der Waals surface area (Å²) in [6.07, 6.45) is 0. The van der Waals surface area contributed by atoms with E-state index in [0.29, 0.717) is 12.3 Å². The number of nitrogens with zero attached hydrogens (tertiary/aromatic N) is 2. The van der Waals surface area contributed by atoms with E-state index in [2.05, 4.69) is 4.99 Å². The molecule has 0 radical (unpaired) electrons. The van der Waals surface area contributed by atoms with Gasteiger partial charge in [-0.2, -0.15) is 0 Å². The van der Waals surface area contributed by atoms with Gasteiger partial charge in [0.05, 0.1) is 18.0 Å². The van der Waals surface area contributed by atoms with E-state index in [1.54, 1.807) is 16.2 Å². The Balaban J connectivity index is 1.86. The van der Waals surface area contributed by atoms with Gasteiger partial charge in [0.15, 0.2) is 5.17 Å². The smallest absolute Gasteiger partial charge is 0.239 e. The minimum absolute atomic E-state index is 0.134. The van der Waals surface area contributed by atoms with Gasteiger partial charge in [-0.15, -0.1) is 11.3 Å². The first-order chi connectivity index (χ1) is 9.72. The molecule has 5 heteroatoms. The first-order valence-electron chi connectivity index (χ1n) is 6.33. The second-order valence-electron chi connectivity index (χ2n) is 4.58.